The van der Waals surface area contributed by atoms with Gasteiger partial charge in [0.05, 0.1) is 19.5 Å². The summed E-state index contributed by atoms with van der Waals surface area (Å²) in [5, 5.41) is 26.3. The molecular formula is C31H50N7O17P3S. The lowest BCUT2D eigenvalue weighted by Gasteiger charge is -2.30. The summed E-state index contributed by atoms with van der Waals surface area (Å²) in [6.07, 6.45) is 4.21. The quantitative estimate of drug-likeness (QED) is 0.0294. The van der Waals surface area contributed by atoms with Crippen LogP contribution >= 0.6 is 35.2 Å². The molecule has 0 aliphatic carbocycles. The smallest absolute Gasteiger partial charge is 0.386 e. The number of aliphatic hydroxyl groups excluding tert-OH is 2. The summed E-state index contributed by atoms with van der Waals surface area (Å²) in [7, 11) is -16.4. The maximum absolute atomic E-state index is 12.7. The summed E-state index contributed by atoms with van der Waals surface area (Å²) in [5.74, 6) is -1.13. The van der Waals surface area contributed by atoms with Crippen LogP contribution in [0.15, 0.2) is 37.0 Å². The monoisotopic (exact) mass is 917 g/mol. The molecule has 24 nitrogen and oxygen atoms in total. The van der Waals surface area contributed by atoms with Crippen LogP contribution in [0.5, 0.6) is 0 Å². The molecule has 3 heterocycles. The van der Waals surface area contributed by atoms with Crippen LogP contribution in [0.3, 0.4) is 0 Å². The average molecular weight is 918 g/mol. The van der Waals surface area contributed by atoms with Gasteiger partial charge in [0.25, 0.3) is 0 Å². The Balaban J connectivity index is 1.43. The van der Waals surface area contributed by atoms with Crippen molar-refractivity contribution in [1.29, 1.82) is 0 Å². The van der Waals surface area contributed by atoms with E-state index >= 15 is 0 Å². The normalized spacial score (nSPS) is 21.4. The molecule has 1 saturated heterocycles. The Morgan fingerprint density at radius 2 is 1.73 bits per heavy atom. The van der Waals surface area contributed by atoms with Crippen LogP contribution in [0.4, 0.5) is 5.82 Å². The number of unbranched alkanes of at least 4 members (excludes halogenated alkanes) is 2. The number of fused-ring (bicyclic) bond motifs is 1. The van der Waals surface area contributed by atoms with Gasteiger partial charge < -0.3 is 50.9 Å². The van der Waals surface area contributed by atoms with Crippen molar-refractivity contribution < 1.29 is 80.5 Å². The number of nitrogen functional groups attached to an aromatic ring is 1. The molecule has 2 aromatic heterocycles. The van der Waals surface area contributed by atoms with Crippen molar-refractivity contribution in [2.24, 2.45) is 5.41 Å². The molecule has 1 fully saturated rings. The van der Waals surface area contributed by atoms with Crippen LogP contribution in [0.1, 0.15) is 59.1 Å². The third-order valence-corrected chi connectivity index (χ3v) is 12.1. The molecule has 0 bridgehead atoms. The van der Waals surface area contributed by atoms with Gasteiger partial charge >= 0.3 is 23.5 Å². The zero-order valence-corrected chi connectivity index (χ0v) is 35.7. The molecule has 2 amide bonds. The molecule has 0 radical (unpaired) electrons. The summed E-state index contributed by atoms with van der Waals surface area (Å²) in [6, 6.07) is 0. The Labute approximate surface area is 342 Å². The molecule has 1 aliphatic rings. The maximum Gasteiger partial charge on any atom is 0.481 e. The second-order valence-electron chi connectivity index (χ2n) is 13.4. The molecule has 1 aliphatic heterocycles. The molecule has 10 N–H and O–H groups in total. The number of aliphatic hydroxyl groups is 2. The highest BCUT2D eigenvalue weighted by molar-refractivity contribution is 8.14. The third kappa shape index (κ3) is 16.8. The fourth-order valence-electron chi connectivity index (χ4n) is 5.15. The van der Waals surface area contributed by atoms with Crippen LogP contribution < -0.4 is 16.4 Å². The summed E-state index contributed by atoms with van der Waals surface area (Å²) in [4.78, 5) is 87.7. The number of nitrogens with one attached hydrogen (secondary N) is 2. The molecule has 0 spiro atoms. The third-order valence-electron chi connectivity index (χ3n) is 8.14. The molecule has 28 heteroatoms. The standard InChI is InChI=1S/C31H50N7O17P3S/c1-4-5-6-7-8-9-10-11-22(40)59-15-14-33-21(39)12-13-34-29(43)26(42)31(2,3)17-52-58(49,50)55-57(47,48)51-16-20-25(54-56(44,45)46)24(41)30(53-20)38-19-37-23-27(32)35-18-36-28(23)38/h5-6,10-11,18-20,24-26,30,41-42H,4,7-9,12-17H2,1-3H3,(H,33,39)(H,34,43)(H,47,48)(H,49,50)(H2,32,35,36)(H2,44,45,46)/b6-5+,11-10+. The van der Waals surface area contributed by atoms with Crippen molar-refractivity contribution in [3.8, 4) is 0 Å². The lowest BCUT2D eigenvalue weighted by Crippen LogP contribution is -2.46. The highest BCUT2D eigenvalue weighted by Crippen LogP contribution is 2.61. The van der Waals surface area contributed by atoms with E-state index in [2.05, 4.69) is 53.5 Å². The minimum Gasteiger partial charge on any atom is -0.386 e. The van der Waals surface area contributed by atoms with Crippen molar-refractivity contribution >= 4 is 69.1 Å². The molecule has 332 valence electrons. The van der Waals surface area contributed by atoms with E-state index in [-0.39, 0.29) is 41.6 Å². The van der Waals surface area contributed by atoms with E-state index in [0.717, 1.165) is 54.7 Å². The first-order valence-electron chi connectivity index (χ1n) is 17.9. The Morgan fingerprint density at radius 1 is 1.03 bits per heavy atom. The lowest BCUT2D eigenvalue weighted by atomic mass is 9.87. The van der Waals surface area contributed by atoms with Crippen molar-refractivity contribution in [1.82, 2.24) is 30.2 Å². The van der Waals surface area contributed by atoms with Crippen LogP contribution in [0.2, 0.25) is 0 Å². The zero-order valence-electron chi connectivity index (χ0n) is 32.2. The van der Waals surface area contributed by atoms with Crippen LogP contribution in [0, 0.1) is 5.41 Å². The Morgan fingerprint density at radius 3 is 2.42 bits per heavy atom. The number of phosphoric acid groups is 3. The number of allylic oxidation sites excluding steroid dienone is 3. The number of amides is 2. The first-order valence-corrected chi connectivity index (χ1v) is 23.4. The van der Waals surface area contributed by atoms with Gasteiger partial charge in [0, 0.05) is 30.7 Å². The van der Waals surface area contributed by atoms with Gasteiger partial charge in [-0.3, -0.25) is 32.5 Å². The molecule has 3 rings (SSSR count). The number of hydrogen-bond acceptors (Lipinski definition) is 18. The van der Waals surface area contributed by atoms with Gasteiger partial charge in [-0.1, -0.05) is 50.8 Å². The fourth-order valence-corrected chi connectivity index (χ4v) is 8.57. The number of ether oxygens (including phenoxy) is 1. The van der Waals surface area contributed by atoms with Gasteiger partial charge in [0.15, 0.2) is 17.7 Å². The SMILES string of the molecule is CC/C=C/CCC/C=C/C(=O)SCCNC(=O)CCNC(=O)C(O)C(C)(C)COP(=O)(O)OP(=O)(O)OCC1OC(n2cnc3c(N)ncnc32)C(O)C1OP(=O)(O)O. The van der Waals surface area contributed by atoms with E-state index in [1.807, 2.05) is 6.08 Å². The maximum atomic E-state index is 12.7. The van der Waals surface area contributed by atoms with E-state index in [1.165, 1.54) is 19.9 Å². The second-order valence-corrected chi connectivity index (χ2v) is 18.8. The zero-order chi connectivity index (χ0) is 44.0. The van der Waals surface area contributed by atoms with E-state index in [4.69, 9.17) is 19.5 Å². The average Bonchev–Trinajstić information content (AvgIpc) is 3.71. The minimum atomic E-state index is -5.57. The van der Waals surface area contributed by atoms with E-state index < -0.39 is 84.6 Å². The summed E-state index contributed by atoms with van der Waals surface area (Å²) >= 11 is 1.04. The van der Waals surface area contributed by atoms with Gasteiger partial charge in [0.1, 0.15) is 36.3 Å². The van der Waals surface area contributed by atoms with Crippen molar-refractivity contribution in [2.75, 3.05) is 37.8 Å². The Bertz CT molecular complexity index is 1950. The number of rotatable bonds is 25. The number of nitrogens with zero attached hydrogens (tertiary/aromatic N) is 4. The van der Waals surface area contributed by atoms with Gasteiger partial charge in [0.2, 0.25) is 16.9 Å². The van der Waals surface area contributed by atoms with E-state index in [1.54, 1.807) is 0 Å². The summed E-state index contributed by atoms with van der Waals surface area (Å²) in [6.45, 7) is 2.54. The second kappa shape index (κ2) is 22.8. The van der Waals surface area contributed by atoms with Crippen LogP contribution in [-0.2, 0) is 50.7 Å². The minimum absolute atomic E-state index is 0.0303. The lowest BCUT2D eigenvalue weighted by molar-refractivity contribution is -0.137. The number of carbonyl (C=O) groups excluding carboxylic acids is 3. The number of hydrogen-bond donors (Lipinski definition) is 9. The molecule has 59 heavy (non-hydrogen) atoms. The topological polar surface area (TPSA) is 364 Å². The molecule has 2 aromatic rings. The Kier molecular flexibility index (Phi) is 19.4. The number of aromatic nitrogens is 4. The van der Waals surface area contributed by atoms with Gasteiger partial charge in [-0.05, 0) is 31.8 Å². The van der Waals surface area contributed by atoms with Crippen molar-refractivity contribution in [3.63, 3.8) is 0 Å². The fraction of sp³-hybridized carbons (Fsp3) is 0.613. The van der Waals surface area contributed by atoms with Gasteiger partial charge in [-0.25, -0.2) is 28.6 Å². The molecule has 0 aromatic carbocycles. The molecule has 7 unspecified atom stereocenters. The van der Waals surface area contributed by atoms with E-state index in [9.17, 15) is 57.9 Å². The van der Waals surface area contributed by atoms with Crippen LogP contribution in [0.25, 0.3) is 11.2 Å². The first kappa shape index (κ1) is 50.4. The number of carbonyl (C=O) groups is 3. The summed E-state index contributed by atoms with van der Waals surface area (Å²) < 4.78 is 62.2. The number of phosphoric ester groups is 3. The van der Waals surface area contributed by atoms with Gasteiger partial charge in [-0.15, -0.1) is 0 Å². The van der Waals surface area contributed by atoms with Crippen molar-refractivity contribution in [2.45, 2.75) is 83.5 Å². The molecule has 7 atom stereocenters. The van der Waals surface area contributed by atoms with E-state index in [0.29, 0.717) is 5.75 Å². The predicted octanol–water partition coefficient (Wildman–Crippen LogP) is 1.36. The largest absolute Gasteiger partial charge is 0.481 e. The van der Waals surface area contributed by atoms with Crippen molar-refractivity contribution in [3.05, 3.63) is 37.0 Å². The highest BCUT2D eigenvalue weighted by Gasteiger charge is 2.50. The Hall–Kier alpha value is -2.96. The number of anilines is 1. The molecular weight excluding hydrogens is 867 g/mol. The van der Waals surface area contributed by atoms with Crippen LogP contribution in [-0.4, -0.2) is 123 Å². The predicted molar refractivity (Wildman–Crippen MR) is 210 cm³/mol. The number of thioether (sulfide) groups is 1. The summed E-state index contributed by atoms with van der Waals surface area (Å²) in [5.41, 5.74) is 4.26. The number of imidazole rings is 1. The number of nitrogens with two attached hydrogens (primary N) is 1. The highest BCUT2D eigenvalue weighted by atomic mass is 32.2. The first-order chi connectivity index (χ1) is 27.6. The molecule has 0 saturated carbocycles. The van der Waals surface area contributed by atoms with Gasteiger partial charge in [-0.2, -0.15) is 4.31 Å².